The minimum Gasteiger partial charge on any atom is -0.383 e. The van der Waals surface area contributed by atoms with Crippen LogP contribution in [0.15, 0.2) is 29.2 Å². The molecule has 0 saturated carbocycles. The van der Waals surface area contributed by atoms with E-state index in [2.05, 4.69) is 5.32 Å². The number of anilines is 1. The third-order valence-electron chi connectivity index (χ3n) is 2.07. The molecule has 5 heteroatoms. The molecule has 0 unspecified atom stereocenters. The van der Waals surface area contributed by atoms with Crippen LogP contribution in [-0.2, 0) is 10.0 Å². The van der Waals surface area contributed by atoms with E-state index in [0.29, 0.717) is 4.90 Å². The number of benzene rings is 1. The second-order valence-electron chi connectivity index (χ2n) is 4.11. The summed E-state index contributed by atoms with van der Waals surface area (Å²) < 4.78 is 24.9. The highest BCUT2D eigenvalue weighted by atomic mass is 32.2. The highest BCUT2D eigenvalue weighted by Crippen LogP contribution is 2.18. The molecule has 1 aromatic carbocycles. The number of hydrogen-bond donors (Lipinski definition) is 1. The Balaban J connectivity index is 3.08. The summed E-state index contributed by atoms with van der Waals surface area (Å²) in [5.74, 6) is 0. The largest absolute Gasteiger partial charge is 0.383 e. The average Bonchev–Trinajstić information content (AvgIpc) is 2.16. The minimum atomic E-state index is -3.34. The van der Waals surface area contributed by atoms with E-state index in [1.807, 2.05) is 19.9 Å². The maximum atomic E-state index is 11.9. The van der Waals surface area contributed by atoms with Gasteiger partial charge in [0.25, 0.3) is 0 Å². The molecule has 0 fully saturated rings. The Bertz CT molecular complexity index is 453. The Morgan fingerprint density at radius 1 is 1.25 bits per heavy atom. The predicted molar refractivity (Wildman–Crippen MR) is 66.1 cm³/mol. The Kier molecular flexibility index (Phi) is 3.93. The Morgan fingerprint density at radius 3 is 2.38 bits per heavy atom. The van der Waals surface area contributed by atoms with Crippen molar-refractivity contribution in [2.75, 3.05) is 19.4 Å². The third-order valence-corrected chi connectivity index (χ3v) is 3.88. The summed E-state index contributed by atoms with van der Waals surface area (Å²) in [5, 5.41) is 3.17. The van der Waals surface area contributed by atoms with Gasteiger partial charge < -0.3 is 5.32 Å². The summed E-state index contributed by atoms with van der Waals surface area (Å²) >= 11 is 0. The Hall–Kier alpha value is -1.07. The molecule has 1 aromatic rings. The summed E-state index contributed by atoms with van der Waals surface area (Å²) in [7, 11) is -0.291. The molecule has 1 rings (SSSR count). The lowest BCUT2D eigenvalue weighted by Gasteiger charge is -2.14. The van der Waals surface area contributed by atoms with E-state index in [0.717, 1.165) is 5.69 Å². The molecule has 4 nitrogen and oxygen atoms in total. The van der Waals surface area contributed by atoms with Crippen molar-refractivity contribution in [3.8, 4) is 0 Å². The number of sulfonamides is 1. The van der Waals surface area contributed by atoms with Crippen molar-refractivity contribution in [3.05, 3.63) is 24.3 Å². The topological polar surface area (TPSA) is 49.4 Å². The van der Waals surface area contributed by atoms with E-state index in [4.69, 9.17) is 0 Å². The first-order chi connectivity index (χ1) is 7.34. The fourth-order valence-corrected chi connectivity index (χ4v) is 2.24. The summed E-state index contributed by atoms with van der Waals surface area (Å²) in [6.45, 7) is 4.01. The molecule has 0 saturated heterocycles. The zero-order valence-corrected chi connectivity index (χ0v) is 10.9. The first-order valence-corrected chi connectivity index (χ1v) is 6.57. The minimum absolute atomic E-state index is 0.275. The van der Waals surface area contributed by atoms with E-state index < -0.39 is 10.0 Å². The quantitative estimate of drug-likeness (QED) is 0.875. The number of nitrogens with one attached hydrogen (secondary N) is 1. The first-order valence-electron chi connectivity index (χ1n) is 5.13. The molecule has 0 radical (unpaired) electrons. The Labute approximate surface area is 97.3 Å². The van der Waals surface area contributed by atoms with Gasteiger partial charge in [0.05, 0.1) is 4.90 Å². The van der Waals surface area contributed by atoms with Gasteiger partial charge >= 0.3 is 0 Å². The maximum absolute atomic E-state index is 11.9. The summed E-state index contributed by atoms with van der Waals surface area (Å²) in [6.07, 6.45) is 0. The molecule has 0 bridgehead atoms. The molecule has 0 heterocycles. The van der Waals surface area contributed by atoms with Gasteiger partial charge in [-0.25, -0.2) is 12.7 Å². The van der Waals surface area contributed by atoms with Crippen molar-refractivity contribution >= 4 is 15.7 Å². The molecule has 0 aliphatic carbocycles. The zero-order chi connectivity index (χ0) is 12.3. The second-order valence-corrected chi connectivity index (χ2v) is 6.27. The van der Waals surface area contributed by atoms with Crippen molar-refractivity contribution < 1.29 is 8.42 Å². The Morgan fingerprint density at radius 2 is 1.88 bits per heavy atom. The molecular formula is C11H18N2O2S. The van der Waals surface area contributed by atoms with Crippen LogP contribution < -0.4 is 5.32 Å². The molecule has 0 atom stereocenters. The highest BCUT2D eigenvalue weighted by Gasteiger charge is 2.17. The van der Waals surface area contributed by atoms with Crippen LogP contribution in [-0.4, -0.2) is 32.9 Å². The van der Waals surface area contributed by atoms with Gasteiger partial charge in [-0.1, -0.05) is 6.07 Å². The number of hydrogen-bond acceptors (Lipinski definition) is 3. The maximum Gasteiger partial charge on any atom is 0.242 e. The molecule has 1 N–H and O–H groups in total. The van der Waals surface area contributed by atoms with Gasteiger partial charge in [0.1, 0.15) is 0 Å². The zero-order valence-electron chi connectivity index (χ0n) is 10.1. The van der Waals surface area contributed by atoms with Crippen molar-refractivity contribution in [2.24, 2.45) is 0 Å². The molecule has 0 amide bonds. The molecule has 0 aliphatic rings. The van der Waals surface area contributed by atoms with Gasteiger partial charge in [-0.3, -0.25) is 0 Å². The van der Waals surface area contributed by atoms with Crippen LogP contribution in [0.4, 0.5) is 5.69 Å². The van der Waals surface area contributed by atoms with Gasteiger partial charge in [0.2, 0.25) is 10.0 Å². The van der Waals surface area contributed by atoms with Crippen molar-refractivity contribution in [1.29, 1.82) is 0 Å². The SMILES string of the molecule is CC(C)Nc1cccc(S(=O)(=O)N(C)C)c1. The van der Waals surface area contributed by atoms with Gasteiger partial charge in [-0.05, 0) is 32.0 Å². The average molecular weight is 242 g/mol. The highest BCUT2D eigenvalue weighted by molar-refractivity contribution is 7.89. The van der Waals surface area contributed by atoms with Crippen molar-refractivity contribution in [3.63, 3.8) is 0 Å². The van der Waals surface area contributed by atoms with E-state index in [1.54, 1.807) is 18.2 Å². The lowest BCUT2D eigenvalue weighted by molar-refractivity contribution is 0.521. The molecule has 0 aromatic heterocycles. The van der Waals surface area contributed by atoms with Crippen LogP contribution in [0.3, 0.4) is 0 Å². The van der Waals surface area contributed by atoms with Crippen molar-refractivity contribution in [1.82, 2.24) is 4.31 Å². The van der Waals surface area contributed by atoms with Gasteiger partial charge in [-0.2, -0.15) is 0 Å². The predicted octanol–water partition coefficient (Wildman–Crippen LogP) is 1.76. The van der Waals surface area contributed by atoms with E-state index in [9.17, 15) is 8.42 Å². The van der Waals surface area contributed by atoms with Crippen LogP contribution in [0.5, 0.6) is 0 Å². The second kappa shape index (κ2) is 4.84. The smallest absolute Gasteiger partial charge is 0.242 e. The van der Waals surface area contributed by atoms with Crippen LogP contribution in [0.1, 0.15) is 13.8 Å². The molecule has 0 aliphatic heterocycles. The summed E-state index contributed by atoms with van der Waals surface area (Å²) in [5.41, 5.74) is 0.818. The summed E-state index contributed by atoms with van der Waals surface area (Å²) in [6, 6.07) is 7.11. The monoisotopic (exact) mass is 242 g/mol. The lowest BCUT2D eigenvalue weighted by Crippen LogP contribution is -2.22. The van der Waals surface area contributed by atoms with Crippen LogP contribution in [0, 0.1) is 0 Å². The molecule has 90 valence electrons. The first kappa shape index (κ1) is 13.0. The number of rotatable bonds is 4. The standard InChI is InChI=1S/C11H18N2O2S/c1-9(2)12-10-6-5-7-11(8-10)16(14,15)13(3)4/h5-9,12H,1-4H3. The van der Waals surface area contributed by atoms with E-state index in [-0.39, 0.29) is 6.04 Å². The third kappa shape index (κ3) is 2.96. The van der Waals surface area contributed by atoms with Crippen LogP contribution in [0.25, 0.3) is 0 Å². The molecular weight excluding hydrogens is 224 g/mol. The van der Waals surface area contributed by atoms with E-state index >= 15 is 0 Å². The summed E-state index contributed by atoms with van der Waals surface area (Å²) in [4.78, 5) is 0.308. The van der Waals surface area contributed by atoms with E-state index in [1.165, 1.54) is 18.4 Å². The van der Waals surface area contributed by atoms with Crippen molar-refractivity contribution in [2.45, 2.75) is 24.8 Å². The van der Waals surface area contributed by atoms with Gasteiger partial charge in [-0.15, -0.1) is 0 Å². The van der Waals surface area contributed by atoms with Gasteiger partial charge in [0.15, 0.2) is 0 Å². The number of nitrogens with zero attached hydrogens (tertiary/aromatic N) is 1. The molecule has 0 spiro atoms. The fourth-order valence-electron chi connectivity index (χ4n) is 1.29. The molecule has 16 heavy (non-hydrogen) atoms. The lowest BCUT2D eigenvalue weighted by atomic mass is 10.3. The normalized spacial score (nSPS) is 12.1. The van der Waals surface area contributed by atoms with Gasteiger partial charge in [0, 0.05) is 25.8 Å². The van der Waals surface area contributed by atoms with Crippen LogP contribution in [0.2, 0.25) is 0 Å². The fraction of sp³-hybridized carbons (Fsp3) is 0.455. The van der Waals surface area contributed by atoms with Crippen LogP contribution >= 0.6 is 0 Å².